The van der Waals surface area contributed by atoms with Crippen LogP contribution >= 0.6 is 27.7 Å². The third-order valence-corrected chi connectivity index (χ3v) is 6.10. The van der Waals surface area contributed by atoms with E-state index in [-0.39, 0.29) is 11.1 Å². The van der Waals surface area contributed by atoms with E-state index < -0.39 is 0 Å². The number of halogens is 1. The number of fused-ring (bicyclic) bond motifs is 1. The molecule has 0 radical (unpaired) electrons. The van der Waals surface area contributed by atoms with Gasteiger partial charge >= 0.3 is 0 Å². The van der Waals surface area contributed by atoms with Crippen molar-refractivity contribution in [1.29, 1.82) is 0 Å². The molecule has 0 bridgehead atoms. The Morgan fingerprint density at radius 3 is 2.66 bits per heavy atom. The van der Waals surface area contributed by atoms with Crippen LogP contribution in [0.25, 0.3) is 17.0 Å². The number of nitrogens with zero attached hydrogens (tertiary/aromatic N) is 2. The van der Waals surface area contributed by atoms with Gasteiger partial charge in [0.1, 0.15) is 12.4 Å². The number of thioether (sulfide) groups is 1. The minimum absolute atomic E-state index is 0.218. The summed E-state index contributed by atoms with van der Waals surface area (Å²) in [6.45, 7) is 3.37. The lowest BCUT2D eigenvalue weighted by Gasteiger charge is -2.08. The normalized spacial score (nSPS) is 15.7. The molecule has 7 heteroatoms. The summed E-state index contributed by atoms with van der Waals surface area (Å²) in [5, 5.41) is 0.798. The number of hydrogen-bond acceptors (Lipinski definition) is 4. The Morgan fingerprint density at radius 2 is 1.93 bits per heavy atom. The van der Waals surface area contributed by atoms with Gasteiger partial charge < -0.3 is 9.30 Å². The van der Waals surface area contributed by atoms with Crippen LogP contribution in [0.5, 0.6) is 5.75 Å². The maximum atomic E-state index is 12.5. The van der Waals surface area contributed by atoms with Crippen LogP contribution in [-0.2, 0) is 11.3 Å². The zero-order chi connectivity index (χ0) is 20.4. The number of hydrogen-bond donors (Lipinski definition) is 0. The first-order valence-electron chi connectivity index (χ1n) is 9.28. The fourth-order valence-electron chi connectivity index (χ4n) is 3.29. The Balaban J connectivity index is 1.63. The zero-order valence-corrected chi connectivity index (χ0v) is 18.2. The lowest BCUT2D eigenvalue weighted by molar-refractivity contribution is -0.122. The Morgan fingerprint density at radius 1 is 1.14 bits per heavy atom. The second-order valence-corrected chi connectivity index (χ2v) is 8.44. The van der Waals surface area contributed by atoms with Crippen LogP contribution in [-0.4, -0.2) is 33.8 Å². The van der Waals surface area contributed by atoms with Gasteiger partial charge in [-0.1, -0.05) is 34.1 Å². The highest BCUT2D eigenvalue weighted by molar-refractivity contribution is 9.10. The van der Waals surface area contributed by atoms with Crippen LogP contribution in [0.2, 0.25) is 0 Å². The standard InChI is InChI=1S/C22H19BrN2O3S/c1-2-25-21(26)20(29-22(25)27)12-15-14-24(19-9-8-16(23)13-18(15)19)10-11-28-17-6-4-3-5-7-17/h3-9,12-14H,2,10-11H2,1H3/b20-12-. The SMILES string of the molecule is CCN1C(=O)S/C(=C\c2cn(CCOc3ccccc3)c3ccc(Br)cc23)C1=O. The highest BCUT2D eigenvalue weighted by atomic mass is 79.9. The molecule has 1 aromatic heterocycles. The molecular weight excluding hydrogens is 452 g/mol. The maximum Gasteiger partial charge on any atom is 0.293 e. The molecule has 0 N–H and O–H groups in total. The highest BCUT2D eigenvalue weighted by Gasteiger charge is 2.33. The van der Waals surface area contributed by atoms with Crippen molar-refractivity contribution in [1.82, 2.24) is 9.47 Å². The molecule has 2 amide bonds. The number of ether oxygens (including phenoxy) is 1. The molecule has 0 saturated carbocycles. The number of carbonyl (C=O) groups excluding carboxylic acids is 2. The van der Waals surface area contributed by atoms with Gasteiger partial charge in [0.2, 0.25) is 0 Å². The predicted molar refractivity (Wildman–Crippen MR) is 120 cm³/mol. The molecule has 1 fully saturated rings. The van der Waals surface area contributed by atoms with Gasteiger partial charge in [-0.3, -0.25) is 14.5 Å². The Labute approximate surface area is 181 Å². The highest BCUT2D eigenvalue weighted by Crippen LogP contribution is 2.34. The number of benzene rings is 2. The summed E-state index contributed by atoms with van der Waals surface area (Å²) in [6, 6.07) is 15.8. The van der Waals surface area contributed by atoms with Crippen molar-refractivity contribution in [2.24, 2.45) is 0 Å². The largest absolute Gasteiger partial charge is 0.492 e. The van der Waals surface area contributed by atoms with Crippen LogP contribution in [0.1, 0.15) is 12.5 Å². The lowest BCUT2D eigenvalue weighted by atomic mass is 10.1. The number of aromatic nitrogens is 1. The fraction of sp³-hybridized carbons (Fsp3) is 0.182. The smallest absolute Gasteiger partial charge is 0.293 e. The van der Waals surface area contributed by atoms with E-state index in [9.17, 15) is 9.59 Å². The molecule has 0 atom stereocenters. The van der Waals surface area contributed by atoms with Crippen LogP contribution in [0, 0.1) is 0 Å². The summed E-state index contributed by atoms with van der Waals surface area (Å²) >= 11 is 4.52. The van der Waals surface area contributed by atoms with Gasteiger partial charge in [-0.25, -0.2) is 0 Å². The number of carbonyl (C=O) groups is 2. The van der Waals surface area contributed by atoms with E-state index in [0.717, 1.165) is 38.5 Å². The third-order valence-electron chi connectivity index (χ3n) is 4.69. The Bertz CT molecular complexity index is 1110. The van der Waals surface area contributed by atoms with Gasteiger partial charge in [0, 0.05) is 33.7 Å². The second-order valence-electron chi connectivity index (χ2n) is 6.53. The van der Waals surface area contributed by atoms with Gasteiger partial charge in [0.05, 0.1) is 11.4 Å². The van der Waals surface area contributed by atoms with Crippen molar-refractivity contribution >= 4 is 55.8 Å². The van der Waals surface area contributed by atoms with E-state index >= 15 is 0 Å². The van der Waals surface area contributed by atoms with Gasteiger partial charge in [-0.2, -0.15) is 0 Å². The van der Waals surface area contributed by atoms with Crippen molar-refractivity contribution in [3.8, 4) is 5.75 Å². The van der Waals surface area contributed by atoms with Crippen LogP contribution in [0.15, 0.2) is 64.1 Å². The van der Waals surface area contributed by atoms with Crippen LogP contribution in [0.3, 0.4) is 0 Å². The van der Waals surface area contributed by atoms with Gasteiger partial charge in [0.15, 0.2) is 0 Å². The number of likely N-dealkylation sites (N-methyl/N-ethyl adjacent to an activating group) is 1. The molecule has 0 aliphatic carbocycles. The molecule has 1 saturated heterocycles. The number of imide groups is 1. The first-order chi connectivity index (χ1) is 14.1. The minimum atomic E-state index is -0.231. The van der Waals surface area contributed by atoms with Crippen LogP contribution in [0.4, 0.5) is 4.79 Å². The quantitative estimate of drug-likeness (QED) is 0.443. The summed E-state index contributed by atoms with van der Waals surface area (Å²) in [5.74, 6) is 0.603. The molecule has 0 unspecified atom stereocenters. The van der Waals surface area contributed by atoms with Crippen LogP contribution < -0.4 is 4.74 Å². The summed E-state index contributed by atoms with van der Waals surface area (Å²) in [6.07, 6.45) is 3.81. The molecule has 3 aromatic rings. The molecule has 29 heavy (non-hydrogen) atoms. The molecule has 2 aromatic carbocycles. The molecule has 2 heterocycles. The van der Waals surface area contributed by atoms with E-state index in [1.54, 1.807) is 6.92 Å². The average Bonchev–Trinajstić information content (AvgIpc) is 3.19. The first-order valence-corrected chi connectivity index (χ1v) is 10.9. The average molecular weight is 471 g/mol. The van der Waals surface area contributed by atoms with E-state index in [4.69, 9.17) is 4.74 Å². The zero-order valence-electron chi connectivity index (χ0n) is 15.8. The third kappa shape index (κ3) is 4.11. The van der Waals surface area contributed by atoms with Gasteiger partial charge in [-0.05, 0) is 55.1 Å². The first kappa shape index (κ1) is 19.8. The molecule has 4 rings (SSSR count). The summed E-state index contributed by atoms with van der Waals surface area (Å²) in [5.41, 5.74) is 1.95. The molecule has 5 nitrogen and oxygen atoms in total. The molecule has 0 spiro atoms. The molecule has 148 valence electrons. The molecule has 1 aliphatic rings. The maximum absolute atomic E-state index is 12.5. The van der Waals surface area contributed by atoms with E-state index in [1.807, 2.05) is 60.8 Å². The topological polar surface area (TPSA) is 51.5 Å². The van der Waals surface area contributed by atoms with E-state index in [2.05, 4.69) is 20.5 Å². The molecule has 1 aliphatic heterocycles. The van der Waals surface area contributed by atoms with Crippen molar-refractivity contribution in [2.45, 2.75) is 13.5 Å². The molecular formula is C22H19BrN2O3S. The van der Waals surface area contributed by atoms with Crippen molar-refractivity contribution in [3.05, 3.63) is 69.7 Å². The minimum Gasteiger partial charge on any atom is -0.492 e. The Hall–Kier alpha value is -2.51. The number of para-hydroxylation sites is 1. The predicted octanol–water partition coefficient (Wildman–Crippen LogP) is 5.54. The van der Waals surface area contributed by atoms with E-state index in [1.165, 1.54) is 4.90 Å². The van der Waals surface area contributed by atoms with Crippen molar-refractivity contribution in [3.63, 3.8) is 0 Å². The van der Waals surface area contributed by atoms with Crippen molar-refractivity contribution in [2.75, 3.05) is 13.2 Å². The summed E-state index contributed by atoms with van der Waals surface area (Å²) in [7, 11) is 0. The monoisotopic (exact) mass is 470 g/mol. The number of rotatable bonds is 6. The fourth-order valence-corrected chi connectivity index (χ4v) is 4.54. The second kappa shape index (κ2) is 8.47. The summed E-state index contributed by atoms with van der Waals surface area (Å²) in [4.78, 5) is 26.2. The van der Waals surface area contributed by atoms with Gasteiger partial charge in [-0.15, -0.1) is 0 Å². The lowest BCUT2D eigenvalue weighted by Crippen LogP contribution is -2.27. The van der Waals surface area contributed by atoms with Crippen molar-refractivity contribution < 1.29 is 14.3 Å². The van der Waals surface area contributed by atoms with E-state index in [0.29, 0.717) is 24.6 Å². The Kier molecular flexibility index (Phi) is 5.78. The van der Waals surface area contributed by atoms with Gasteiger partial charge in [0.25, 0.3) is 11.1 Å². The summed E-state index contributed by atoms with van der Waals surface area (Å²) < 4.78 is 8.90. The number of amides is 2.